The highest BCUT2D eigenvalue weighted by Crippen LogP contribution is 2.56. The van der Waals surface area contributed by atoms with Crippen LogP contribution >= 0.6 is 0 Å². The van der Waals surface area contributed by atoms with Crippen LogP contribution in [0.2, 0.25) is 0 Å². The highest BCUT2D eigenvalue weighted by atomic mass is 14.5. The first-order chi connectivity index (χ1) is 16.7. The van der Waals surface area contributed by atoms with Gasteiger partial charge in [-0.3, -0.25) is 0 Å². The summed E-state index contributed by atoms with van der Waals surface area (Å²) in [4.78, 5) is 0. The topological polar surface area (TPSA) is 0 Å². The molecule has 0 fully saturated rings. The Morgan fingerprint density at radius 2 is 1.23 bits per heavy atom. The zero-order valence-corrected chi connectivity index (χ0v) is 22.2. The van der Waals surface area contributed by atoms with Gasteiger partial charge in [0.25, 0.3) is 0 Å². The van der Waals surface area contributed by atoms with Crippen molar-refractivity contribution < 1.29 is 0 Å². The first-order valence-electron chi connectivity index (χ1n) is 13.2. The number of hydrogen-bond acceptors (Lipinski definition) is 0. The van der Waals surface area contributed by atoms with Gasteiger partial charge in [0.15, 0.2) is 0 Å². The second-order valence-electron chi connectivity index (χ2n) is 11.5. The van der Waals surface area contributed by atoms with E-state index in [1.165, 1.54) is 68.5 Å². The summed E-state index contributed by atoms with van der Waals surface area (Å²) in [6.07, 6.45) is 3.57. The second-order valence-corrected chi connectivity index (χ2v) is 11.5. The molecule has 1 aliphatic carbocycles. The lowest BCUT2D eigenvalue weighted by molar-refractivity contribution is 0.587. The quantitative estimate of drug-likeness (QED) is 0.246. The highest BCUT2D eigenvalue weighted by Gasteiger charge is 2.46. The van der Waals surface area contributed by atoms with E-state index in [0.717, 1.165) is 6.42 Å². The number of aryl methyl sites for hydroxylation is 3. The monoisotopic (exact) mass is 458 g/mol. The molecule has 0 aliphatic heterocycles. The van der Waals surface area contributed by atoms with E-state index in [9.17, 15) is 0 Å². The lowest BCUT2D eigenvalue weighted by Gasteiger charge is -2.35. The van der Waals surface area contributed by atoms with Crippen molar-refractivity contribution in [3.8, 4) is 11.1 Å². The highest BCUT2D eigenvalue weighted by molar-refractivity contribution is 5.86. The van der Waals surface area contributed by atoms with Crippen LogP contribution in [-0.2, 0) is 17.3 Å². The zero-order valence-electron chi connectivity index (χ0n) is 22.2. The summed E-state index contributed by atoms with van der Waals surface area (Å²) in [7, 11) is 0. The van der Waals surface area contributed by atoms with Crippen LogP contribution in [0, 0.1) is 13.8 Å². The standard InChI is InChI=1S/C35H38/c1-7-8-11-26-12-9-14-28(22-26)35(29-15-10-13-27(23-29)34(4,5)6)32-20-24(2)16-18-30(32)31-19-17-25(3)21-33(31)35/h9-10,12-23H,7-8,11H2,1-6H3. The molecule has 1 aliphatic rings. The van der Waals surface area contributed by atoms with Gasteiger partial charge in [-0.1, -0.05) is 130 Å². The maximum absolute atomic E-state index is 2.49. The molecule has 0 atom stereocenters. The van der Waals surface area contributed by atoms with Gasteiger partial charge in [0.05, 0.1) is 5.41 Å². The first kappa shape index (κ1) is 23.6. The third kappa shape index (κ3) is 3.94. The smallest absolute Gasteiger partial charge is 0.0654 e. The van der Waals surface area contributed by atoms with Crippen LogP contribution in [0.25, 0.3) is 11.1 Å². The minimum absolute atomic E-state index is 0.0870. The van der Waals surface area contributed by atoms with E-state index in [0.29, 0.717) is 0 Å². The molecule has 178 valence electrons. The van der Waals surface area contributed by atoms with E-state index in [2.05, 4.69) is 126 Å². The molecule has 4 aromatic rings. The van der Waals surface area contributed by atoms with Crippen LogP contribution in [0.4, 0.5) is 0 Å². The molecule has 4 aromatic carbocycles. The largest absolute Gasteiger partial charge is 0.0713 e. The van der Waals surface area contributed by atoms with E-state index >= 15 is 0 Å². The summed E-state index contributed by atoms with van der Waals surface area (Å²) in [6, 6.07) is 32.9. The molecule has 0 aromatic heterocycles. The van der Waals surface area contributed by atoms with Crippen molar-refractivity contribution in [2.24, 2.45) is 0 Å². The fraction of sp³-hybridized carbons (Fsp3) is 0.314. The molecule has 0 N–H and O–H groups in total. The van der Waals surface area contributed by atoms with Crippen molar-refractivity contribution in [2.75, 3.05) is 0 Å². The zero-order chi connectivity index (χ0) is 24.8. The van der Waals surface area contributed by atoms with E-state index in [1.54, 1.807) is 0 Å². The van der Waals surface area contributed by atoms with Crippen LogP contribution in [0.3, 0.4) is 0 Å². The van der Waals surface area contributed by atoms with E-state index in [4.69, 9.17) is 0 Å². The molecular formula is C35H38. The number of hydrogen-bond donors (Lipinski definition) is 0. The third-order valence-electron chi connectivity index (χ3n) is 7.79. The van der Waals surface area contributed by atoms with Gasteiger partial charge in [-0.25, -0.2) is 0 Å². The number of rotatable bonds is 5. The molecule has 0 nitrogen and oxygen atoms in total. The van der Waals surface area contributed by atoms with E-state index < -0.39 is 0 Å². The maximum Gasteiger partial charge on any atom is 0.0713 e. The second kappa shape index (κ2) is 8.83. The van der Waals surface area contributed by atoms with Gasteiger partial charge < -0.3 is 0 Å². The fourth-order valence-corrected chi connectivity index (χ4v) is 5.90. The molecule has 0 saturated heterocycles. The SMILES string of the molecule is CCCCc1cccc(C2(c3cccc(C(C)(C)C)c3)c3cc(C)ccc3-c3ccc(C)cc32)c1. The van der Waals surface area contributed by atoms with Crippen molar-refractivity contribution in [2.45, 2.75) is 71.6 Å². The van der Waals surface area contributed by atoms with E-state index in [1.807, 2.05) is 0 Å². The average molecular weight is 459 g/mol. The Kier molecular flexibility index (Phi) is 5.96. The molecule has 0 unspecified atom stereocenters. The Bertz CT molecular complexity index is 1330. The van der Waals surface area contributed by atoms with Crippen molar-refractivity contribution in [3.05, 3.63) is 129 Å². The lowest BCUT2D eigenvalue weighted by atomic mass is 9.66. The average Bonchev–Trinajstić information content (AvgIpc) is 3.11. The Morgan fingerprint density at radius 1 is 0.657 bits per heavy atom. The molecule has 0 spiro atoms. The molecule has 0 saturated carbocycles. The van der Waals surface area contributed by atoms with Crippen LogP contribution < -0.4 is 0 Å². The minimum atomic E-state index is -0.327. The van der Waals surface area contributed by atoms with Gasteiger partial charge in [0.2, 0.25) is 0 Å². The molecule has 0 amide bonds. The van der Waals surface area contributed by atoms with Crippen molar-refractivity contribution in [3.63, 3.8) is 0 Å². The summed E-state index contributed by atoms with van der Waals surface area (Å²) in [5, 5.41) is 0. The summed E-state index contributed by atoms with van der Waals surface area (Å²) in [6.45, 7) is 13.7. The van der Waals surface area contributed by atoms with Crippen molar-refractivity contribution in [1.29, 1.82) is 0 Å². The van der Waals surface area contributed by atoms with Crippen LogP contribution in [0.15, 0.2) is 84.9 Å². The van der Waals surface area contributed by atoms with Crippen molar-refractivity contribution >= 4 is 0 Å². The summed E-state index contributed by atoms with van der Waals surface area (Å²) < 4.78 is 0. The Morgan fingerprint density at radius 3 is 1.80 bits per heavy atom. The minimum Gasteiger partial charge on any atom is -0.0654 e. The van der Waals surface area contributed by atoms with Gasteiger partial charge in [-0.15, -0.1) is 0 Å². The molecule has 5 rings (SSSR count). The summed E-state index contributed by atoms with van der Waals surface area (Å²) >= 11 is 0. The number of benzene rings is 4. The van der Waals surface area contributed by atoms with Crippen LogP contribution in [0.5, 0.6) is 0 Å². The lowest BCUT2D eigenvalue weighted by Crippen LogP contribution is -2.29. The van der Waals surface area contributed by atoms with E-state index in [-0.39, 0.29) is 10.8 Å². The van der Waals surface area contributed by atoms with Gasteiger partial charge >= 0.3 is 0 Å². The Hall–Kier alpha value is -3.12. The van der Waals surface area contributed by atoms with Gasteiger partial charge in [0.1, 0.15) is 0 Å². The Labute approximate surface area is 212 Å². The fourth-order valence-electron chi connectivity index (χ4n) is 5.90. The van der Waals surface area contributed by atoms with Gasteiger partial charge in [-0.05, 0) is 76.6 Å². The molecule has 0 heteroatoms. The van der Waals surface area contributed by atoms with Crippen LogP contribution in [0.1, 0.15) is 85.0 Å². The molecule has 35 heavy (non-hydrogen) atoms. The number of unbranched alkanes of at least 4 members (excludes halogenated alkanes) is 1. The van der Waals surface area contributed by atoms with Gasteiger partial charge in [0, 0.05) is 0 Å². The van der Waals surface area contributed by atoms with Gasteiger partial charge in [-0.2, -0.15) is 0 Å². The first-order valence-corrected chi connectivity index (χ1v) is 13.2. The molecule has 0 bridgehead atoms. The normalized spacial score (nSPS) is 14.0. The molecule has 0 heterocycles. The Balaban J connectivity index is 1.91. The predicted octanol–water partition coefficient (Wildman–Crippen LogP) is 9.31. The van der Waals surface area contributed by atoms with Crippen molar-refractivity contribution in [1.82, 2.24) is 0 Å². The summed E-state index contributed by atoms with van der Waals surface area (Å²) in [5.41, 5.74) is 13.5. The number of fused-ring (bicyclic) bond motifs is 3. The summed E-state index contributed by atoms with van der Waals surface area (Å²) in [5.74, 6) is 0. The predicted molar refractivity (Wildman–Crippen MR) is 151 cm³/mol. The van der Waals surface area contributed by atoms with Crippen LogP contribution in [-0.4, -0.2) is 0 Å². The third-order valence-corrected chi connectivity index (χ3v) is 7.79. The molecular weight excluding hydrogens is 420 g/mol. The molecule has 0 radical (unpaired) electrons. The maximum atomic E-state index is 2.49.